The molecular formula is C13H11Cl2N3O2S. The molecule has 0 radical (unpaired) electrons. The van der Waals surface area contributed by atoms with Gasteiger partial charge in [0, 0.05) is 22.2 Å². The third-order valence-electron chi connectivity index (χ3n) is 3.31. The summed E-state index contributed by atoms with van der Waals surface area (Å²) in [6.07, 6.45) is 1.47. The summed E-state index contributed by atoms with van der Waals surface area (Å²) in [4.78, 5) is 13.0. The van der Waals surface area contributed by atoms with Crippen molar-refractivity contribution in [2.45, 2.75) is 18.9 Å². The maximum Gasteiger partial charge on any atom is 0.326 e. The van der Waals surface area contributed by atoms with Crippen molar-refractivity contribution in [3.05, 3.63) is 28.2 Å². The number of carboxylic acid groups (broad SMARTS) is 1. The van der Waals surface area contributed by atoms with E-state index in [1.54, 1.807) is 23.1 Å². The number of hydrogen-bond acceptors (Lipinski definition) is 5. The molecule has 5 nitrogen and oxygen atoms in total. The first-order valence-corrected chi connectivity index (χ1v) is 7.91. The molecule has 0 aliphatic carbocycles. The lowest BCUT2D eigenvalue weighted by atomic mass is 10.2. The molecule has 1 atom stereocenters. The Balaban J connectivity index is 1.91. The topological polar surface area (TPSA) is 66.3 Å². The molecule has 1 aromatic heterocycles. The summed E-state index contributed by atoms with van der Waals surface area (Å²) >= 11 is 13.3. The molecule has 21 heavy (non-hydrogen) atoms. The second-order valence-electron chi connectivity index (χ2n) is 4.74. The first-order valence-electron chi connectivity index (χ1n) is 6.34. The Hall–Kier alpha value is -1.37. The molecule has 3 rings (SSSR count). The van der Waals surface area contributed by atoms with Crippen LogP contribution in [-0.4, -0.2) is 33.9 Å². The molecule has 1 unspecified atom stereocenters. The van der Waals surface area contributed by atoms with Crippen molar-refractivity contribution in [3.8, 4) is 10.6 Å². The van der Waals surface area contributed by atoms with Crippen LogP contribution < -0.4 is 4.90 Å². The van der Waals surface area contributed by atoms with Crippen LogP contribution in [-0.2, 0) is 4.79 Å². The van der Waals surface area contributed by atoms with Gasteiger partial charge in [-0.25, -0.2) is 4.79 Å². The highest BCUT2D eigenvalue weighted by Crippen LogP contribution is 2.34. The van der Waals surface area contributed by atoms with Crippen molar-refractivity contribution in [2.75, 3.05) is 11.4 Å². The van der Waals surface area contributed by atoms with Gasteiger partial charge >= 0.3 is 5.97 Å². The minimum atomic E-state index is -0.824. The second kappa shape index (κ2) is 5.79. The highest BCUT2D eigenvalue weighted by molar-refractivity contribution is 7.18. The number of carbonyl (C=O) groups is 1. The second-order valence-corrected chi connectivity index (χ2v) is 6.57. The van der Waals surface area contributed by atoms with Gasteiger partial charge in [0.15, 0.2) is 0 Å². The fraction of sp³-hybridized carbons (Fsp3) is 0.308. The van der Waals surface area contributed by atoms with Crippen molar-refractivity contribution in [2.24, 2.45) is 0 Å². The number of rotatable bonds is 3. The predicted octanol–water partition coefficient (Wildman–Crippen LogP) is 3.57. The molecule has 1 aliphatic heterocycles. The normalized spacial score (nSPS) is 18.2. The third kappa shape index (κ3) is 2.97. The SMILES string of the molecule is O=C(O)C1CCCN1c1nnc(-c2cc(Cl)cc(Cl)c2)s1. The van der Waals surface area contributed by atoms with Crippen LogP contribution in [0.1, 0.15) is 12.8 Å². The Morgan fingerprint density at radius 2 is 2.00 bits per heavy atom. The van der Waals surface area contributed by atoms with Crippen molar-refractivity contribution in [1.82, 2.24) is 10.2 Å². The smallest absolute Gasteiger partial charge is 0.326 e. The average Bonchev–Trinajstić information content (AvgIpc) is 3.06. The number of hydrogen-bond donors (Lipinski definition) is 1. The number of anilines is 1. The number of benzene rings is 1. The maximum atomic E-state index is 11.2. The van der Waals surface area contributed by atoms with Gasteiger partial charge in [0.25, 0.3) is 0 Å². The lowest BCUT2D eigenvalue weighted by Gasteiger charge is -2.19. The van der Waals surface area contributed by atoms with Crippen LogP contribution in [0.25, 0.3) is 10.6 Å². The van der Waals surface area contributed by atoms with E-state index in [9.17, 15) is 9.90 Å². The van der Waals surface area contributed by atoms with E-state index >= 15 is 0 Å². The third-order valence-corrected chi connectivity index (χ3v) is 4.75. The van der Waals surface area contributed by atoms with E-state index in [0.29, 0.717) is 33.2 Å². The van der Waals surface area contributed by atoms with E-state index in [4.69, 9.17) is 23.2 Å². The minimum absolute atomic E-state index is 0.520. The largest absolute Gasteiger partial charge is 0.480 e. The van der Waals surface area contributed by atoms with Crippen molar-refractivity contribution in [1.29, 1.82) is 0 Å². The monoisotopic (exact) mass is 343 g/mol. The van der Waals surface area contributed by atoms with E-state index in [2.05, 4.69) is 10.2 Å². The van der Waals surface area contributed by atoms with Gasteiger partial charge in [-0.2, -0.15) is 0 Å². The lowest BCUT2D eigenvalue weighted by Crippen LogP contribution is -2.35. The van der Waals surface area contributed by atoms with Crippen LogP contribution in [0, 0.1) is 0 Å². The highest BCUT2D eigenvalue weighted by atomic mass is 35.5. The molecule has 110 valence electrons. The zero-order valence-corrected chi connectivity index (χ0v) is 13.1. The number of nitrogens with zero attached hydrogens (tertiary/aromatic N) is 3. The van der Waals surface area contributed by atoms with E-state index in [-0.39, 0.29) is 0 Å². The summed E-state index contributed by atoms with van der Waals surface area (Å²) in [5.41, 5.74) is 0.780. The van der Waals surface area contributed by atoms with E-state index < -0.39 is 12.0 Å². The number of carboxylic acids is 1. The summed E-state index contributed by atoms with van der Waals surface area (Å²) in [5, 5.41) is 19.8. The Morgan fingerprint density at radius 1 is 1.29 bits per heavy atom. The molecule has 1 aromatic carbocycles. The number of aromatic nitrogens is 2. The molecule has 1 N–H and O–H groups in total. The van der Waals surface area contributed by atoms with E-state index in [1.165, 1.54) is 11.3 Å². The van der Waals surface area contributed by atoms with Gasteiger partial charge in [-0.3, -0.25) is 0 Å². The number of aliphatic carboxylic acids is 1. The van der Waals surface area contributed by atoms with Gasteiger partial charge in [0.05, 0.1) is 0 Å². The minimum Gasteiger partial charge on any atom is -0.480 e. The predicted molar refractivity (Wildman–Crippen MR) is 83.4 cm³/mol. The zero-order valence-electron chi connectivity index (χ0n) is 10.8. The summed E-state index contributed by atoms with van der Waals surface area (Å²) in [6.45, 7) is 0.682. The Kier molecular flexibility index (Phi) is 4.01. The summed E-state index contributed by atoms with van der Waals surface area (Å²) < 4.78 is 0. The van der Waals surface area contributed by atoms with Crippen LogP contribution in [0.2, 0.25) is 10.0 Å². The molecule has 8 heteroatoms. The van der Waals surface area contributed by atoms with Gasteiger partial charge in [0.1, 0.15) is 11.0 Å². The number of halogens is 2. The van der Waals surface area contributed by atoms with Crippen LogP contribution in [0.15, 0.2) is 18.2 Å². The Labute approximate surface area is 135 Å². The van der Waals surface area contributed by atoms with E-state index in [1.807, 2.05) is 0 Å². The molecule has 1 fully saturated rings. The van der Waals surface area contributed by atoms with Crippen LogP contribution in [0.3, 0.4) is 0 Å². The first kappa shape index (κ1) is 14.6. The molecule has 1 aliphatic rings. The molecule has 0 saturated carbocycles. The molecular weight excluding hydrogens is 333 g/mol. The van der Waals surface area contributed by atoms with Crippen LogP contribution in [0.4, 0.5) is 5.13 Å². The summed E-state index contributed by atoms with van der Waals surface area (Å²) in [6, 6.07) is 4.65. The molecule has 0 bridgehead atoms. The first-order chi connectivity index (χ1) is 10.0. The van der Waals surface area contributed by atoms with Gasteiger partial charge < -0.3 is 10.0 Å². The standard InChI is InChI=1S/C13H11Cl2N3O2S/c14-8-4-7(5-9(15)6-8)11-16-17-13(21-11)18-3-1-2-10(18)12(19)20/h4-6,10H,1-3H2,(H,19,20). The van der Waals surface area contributed by atoms with Crippen molar-refractivity contribution < 1.29 is 9.90 Å². The van der Waals surface area contributed by atoms with Gasteiger partial charge in [0.2, 0.25) is 5.13 Å². The lowest BCUT2D eigenvalue weighted by molar-refractivity contribution is -0.138. The highest BCUT2D eigenvalue weighted by Gasteiger charge is 2.32. The quantitative estimate of drug-likeness (QED) is 0.922. The van der Waals surface area contributed by atoms with Crippen molar-refractivity contribution >= 4 is 45.6 Å². The molecule has 0 amide bonds. The summed E-state index contributed by atoms with van der Waals surface area (Å²) in [7, 11) is 0. The Morgan fingerprint density at radius 3 is 2.67 bits per heavy atom. The van der Waals surface area contributed by atoms with Crippen LogP contribution in [0.5, 0.6) is 0 Å². The van der Waals surface area contributed by atoms with Gasteiger partial charge in [-0.15, -0.1) is 10.2 Å². The van der Waals surface area contributed by atoms with Gasteiger partial charge in [-0.05, 0) is 31.0 Å². The van der Waals surface area contributed by atoms with Crippen molar-refractivity contribution in [3.63, 3.8) is 0 Å². The van der Waals surface area contributed by atoms with Crippen LogP contribution >= 0.6 is 34.5 Å². The molecule has 2 aromatic rings. The maximum absolute atomic E-state index is 11.2. The fourth-order valence-corrected chi connectivity index (χ4v) is 3.81. The molecule has 2 heterocycles. The molecule has 1 saturated heterocycles. The van der Waals surface area contributed by atoms with Gasteiger partial charge in [-0.1, -0.05) is 34.5 Å². The molecule has 0 spiro atoms. The fourth-order valence-electron chi connectivity index (χ4n) is 2.38. The van der Waals surface area contributed by atoms with E-state index in [0.717, 1.165) is 12.0 Å². The summed E-state index contributed by atoms with van der Waals surface area (Å²) in [5.74, 6) is -0.824. The average molecular weight is 344 g/mol. The zero-order chi connectivity index (χ0) is 15.0. The Bertz CT molecular complexity index is 672.